The molecule has 0 aliphatic rings. The largest absolute Gasteiger partial charge is 0.553 e. The zero-order valence-electron chi connectivity index (χ0n) is 19.1. The maximum absolute atomic E-state index is 11.3. The Labute approximate surface area is 192 Å². The third-order valence-electron chi connectivity index (χ3n) is 3.93. The molecule has 0 bridgehead atoms. The van der Waals surface area contributed by atoms with Crippen LogP contribution in [0, 0.1) is 14.2 Å². The van der Waals surface area contributed by atoms with Crippen molar-refractivity contribution in [2.75, 3.05) is 52.9 Å². The van der Waals surface area contributed by atoms with E-state index in [0.29, 0.717) is 11.3 Å². The van der Waals surface area contributed by atoms with Crippen molar-refractivity contribution in [2.24, 2.45) is 0 Å². The van der Waals surface area contributed by atoms with Gasteiger partial charge in [0.05, 0.1) is 50.8 Å². The molecule has 3 atom stereocenters. The number of fused-ring (bicyclic) bond motifs is 1. The summed E-state index contributed by atoms with van der Waals surface area (Å²) in [6, 6.07) is 8.45. The van der Waals surface area contributed by atoms with Gasteiger partial charge in [0, 0.05) is 25.3 Å². The molecule has 0 saturated heterocycles. The minimum Gasteiger partial charge on any atom is -0.553 e. The summed E-state index contributed by atoms with van der Waals surface area (Å²) >= 11 is 0. The molecule has 12 heteroatoms. The van der Waals surface area contributed by atoms with Crippen molar-refractivity contribution in [3.63, 3.8) is 0 Å². The van der Waals surface area contributed by atoms with E-state index in [1.54, 1.807) is 18.2 Å². The van der Waals surface area contributed by atoms with E-state index in [1.165, 1.54) is 6.07 Å². The Bertz CT molecular complexity index is 822. The second kappa shape index (κ2) is 18.3. The normalized spacial score (nSPS) is 13.4. The van der Waals surface area contributed by atoms with Gasteiger partial charge >= 0.3 is 0 Å². The predicted molar refractivity (Wildman–Crippen MR) is 119 cm³/mol. The second-order valence-corrected chi connectivity index (χ2v) is 6.92. The average molecular weight is 739 g/mol. The molecule has 34 heavy (non-hydrogen) atoms. The number of pyridine rings is 1. The third-order valence-corrected chi connectivity index (χ3v) is 3.93. The Hall–Kier alpha value is -3.09. The van der Waals surface area contributed by atoms with E-state index < -0.39 is 18.3 Å². The Kier molecular flexibility index (Phi) is 16.7. The number of hydrogen-bond acceptors (Lipinski definition) is 10. The molecular formula is C22H33NO10Rf-2. The molecule has 190 valence electrons. The molecule has 1 aromatic heterocycles. The summed E-state index contributed by atoms with van der Waals surface area (Å²) in [4.78, 5) is 14.0. The van der Waals surface area contributed by atoms with E-state index in [-0.39, 0.29) is 58.4 Å². The van der Waals surface area contributed by atoms with Crippen LogP contribution in [0.3, 0.4) is 0 Å². The Morgan fingerprint density at radius 3 is 1.97 bits per heavy atom. The van der Waals surface area contributed by atoms with Crippen molar-refractivity contribution in [3.05, 3.63) is 54.9 Å². The Balaban J connectivity index is 0.000000844. The third kappa shape index (κ3) is 13.5. The van der Waals surface area contributed by atoms with Crippen molar-refractivity contribution in [2.45, 2.75) is 18.3 Å². The molecule has 0 spiro atoms. The number of aliphatic hydroxyl groups excluding tert-OH is 4. The smallest absolute Gasteiger partial charge is 0.248 e. The number of ether oxygens (including phenoxy) is 5. The first-order valence-electron chi connectivity index (χ1n) is 10.2. The molecule has 1 heterocycles. The van der Waals surface area contributed by atoms with Gasteiger partial charge in [0.2, 0.25) is 5.56 Å². The van der Waals surface area contributed by atoms with Gasteiger partial charge in [-0.1, -0.05) is 0 Å². The van der Waals surface area contributed by atoms with E-state index in [0.717, 1.165) is 5.39 Å². The molecule has 1 aromatic carbocycles. The molecule has 0 amide bonds. The summed E-state index contributed by atoms with van der Waals surface area (Å²) in [7, 11) is 6.24. The van der Waals surface area contributed by atoms with Crippen molar-refractivity contribution < 1.29 is 44.1 Å². The predicted octanol–water partition coefficient (Wildman–Crippen LogP) is -0.382. The van der Waals surface area contributed by atoms with Crippen molar-refractivity contribution in [3.8, 4) is 5.75 Å². The fraction of sp³-hybridized carbons (Fsp3) is 0.500. The maximum Gasteiger partial charge on any atom is 0.248 e. The first kappa shape index (κ1) is 30.9. The standard InChI is InChI=1S/C16H20NO6.C6H13O4.Rf/c1-21-7-12(18)8-22-9-13(19)10-23-14-4-2-11-3-5-16(20)17-15(11)6-14;1-9-4-6(8)5-10-3-2-7;/h2-6,12-13,18-19H,1,7-10H2,(H,17,20);6-8H,1-5H2;/q2*-1;. The van der Waals surface area contributed by atoms with Gasteiger partial charge in [-0.2, -0.15) is 0 Å². The fourth-order valence-electron chi connectivity index (χ4n) is 2.45. The number of rotatable bonds is 15. The zero-order valence-corrected chi connectivity index (χ0v) is 25.5. The van der Waals surface area contributed by atoms with Crippen LogP contribution in [0.1, 0.15) is 0 Å². The van der Waals surface area contributed by atoms with Crippen LogP contribution in [0.15, 0.2) is 35.1 Å². The van der Waals surface area contributed by atoms with Gasteiger partial charge in [0.25, 0.3) is 0 Å². The van der Waals surface area contributed by atoms with Gasteiger partial charge in [0.1, 0.15) is 18.5 Å². The van der Waals surface area contributed by atoms with Gasteiger partial charge in [-0.15, -0.1) is 0 Å². The number of aromatic amines is 1. The van der Waals surface area contributed by atoms with E-state index in [9.17, 15) is 15.0 Å². The van der Waals surface area contributed by atoms with E-state index in [1.807, 2.05) is 6.07 Å². The Morgan fingerprint density at radius 1 is 0.824 bits per heavy atom. The van der Waals surface area contributed by atoms with Crippen LogP contribution < -0.4 is 10.3 Å². The quantitative estimate of drug-likeness (QED) is 0.121. The van der Waals surface area contributed by atoms with Gasteiger partial charge in [0.15, 0.2) is 0 Å². The average Bonchev–Trinajstić information content (AvgIpc) is 2.78. The molecule has 3 unspecified atom stereocenters. The van der Waals surface area contributed by atoms with E-state index >= 15 is 0 Å². The number of hydrogen-bond donors (Lipinski definition) is 5. The molecule has 2 aromatic rings. The molecule has 11 nitrogen and oxygen atoms in total. The van der Waals surface area contributed by atoms with Gasteiger partial charge in [-0.25, -0.2) is 14.2 Å². The molecule has 0 aliphatic heterocycles. The second-order valence-electron chi connectivity index (χ2n) is 6.92. The monoisotopic (exact) mass is 738 g/mol. The summed E-state index contributed by atoms with van der Waals surface area (Å²) < 4.78 is 24.3. The van der Waals surface area contributed by atoms with Gasteiger partial charge in [-0.05, 0) is 23.6 Å². The summed E-state index contributed by atoms with van der Waals surface area (Å²) in [5.41, 5.74) is 0.477. The number of benzene rings is 1. The van der Waals surface area contributed by atoms with Crippen LogP contribution in [0.2, 0.25) is 0 Å². The molecule has 2 rings (SSSR count). The minimum absolute atomic E-state index is 0. The van der Waals surface area contributed by atoms with Gasteiger partial charge in [-0.3, -0.25) is 4.79 Å². The number of aliphatic hydroxyl groups is 4. The van der Waals surface area contributed by atoms with Crippen LogP contribution in [-0.2, 0) is 18.9 Å². The first-order valence-corrected chi connectivity index (χ1v) is 10.2. The van der Waals surface area contributed by atoms with Crippen molar-refractivity contribution in [1.82, 2.24) is 4.98 Å². The summed E-state index contributed by atoms with van der Waals surface area (Å²) in [5, 5.41) is 37.2. The van der Waals surface area contributed by atoms with Crippen LogP contribution in [0.25, 0.3) is 10.9 Å². The van der Waals surface area contributed by atoms with Crippen molar-refractivity contribution >= 4 is 10.9 Å². The number of nitrogens with one attached hydrogen (secondary N) is 1. The number of H-pyrrole nitrogens is 1. The molecule has 0 fully saturated rings. The van der Waals surface area contributed by atoms with E-state index in [4.69, 9.17) is 24.4 Å². The van der Waals surface area contributed by atoms with Crippen LogP contribution in [0.4, 0.5) is 0 Å². The topological polar surface area (TPSA) is 160 Å². The van der Waals surface area contributed by atoms with Gasteiger partial charge < -0.3 is 49.1 Å². The molecule has 0 saturated carbocycles. The molecular weight excluding hydrogens is 705 g/mol. The SMILES string of the molecule is [CH2-]OCC(O)COCC(O)COc1ccc2ccc(=O)[nH]c2c1.[CH2-]OCC(O)COCCO.[Rf]. The number of aromatic nitrogens is 1. The first-order chi connectivity index (χ1) is 15.9. The summed E-state index contributed by atoms with van der Waals surface area (Å²) in [6.45, 7) is 0.725. The summed E-state index contributed by atoms with van der Waals surface area (Å²) in [6.07, 6.45) is -2.27. The maximum atomic E-state index is 11.3. The molecule has 0 radical (unpaired) electrons. The van der Waals surface area contributed by atoms with Crippen LogP contribution in [0.5, 0.6) is 5.75 Å². The van der Waals surface area contributed by atoms with Crippen LogP contribution in [-0.4, -0.2) is 96.6 Å². The minimum atomic E-state index is -0.839. The summed E-state index contributed by atoms with van der Waals surface area (Å²) in [5.74, 6) is 0.531. The molecule has 5 N–H and O–H groups in total. The van der Waals surface area contributed by atoms with E-state index in [2.05, 4.69) is 28.7 Å². The molecule has 0 aliphatic carbocycles. The van der Waals surface area contributed by atoms with Crippen molar-refractivity contribution in [1.29, 1.82) is 0 Å². The Morgan fingerprint density at radius 2 is 1.38 bits per heavy atom. The fourth-order valence-corrected chi connectivity index (χ4v) is 2.45. The zero-order chi connectivity index (χ0) is 24.5. The van der Waals surface area contributed by atoms with Crippen LogP contribution >= 0.6 is 0 Å².